The number of hydrogen-bond donors (Lipinski definition) is 5. The molecule has 0 spiro atoms. The van der Waals surface area contributed by atoms with Crippen molar-refractivity contribution in [3.05, 3.63) is 168 Å². The van der Waals surface area contributed by atoms with Crippen molar-refractivity contribution in [2.75, 3.05) is 0 Å². The minimum Gasteiger partial charge on any atom is -0.354 e. The minimum absolute atomic E-state index is 0.0267. The van der Waals surface area contributed by atoms with Crippen LogP contribution in [0.3, 0.4) is 0 Å². The van der Waals surface area contributed by atoms with Crippen LogP contribution in [0, 0.1) is 0 Å². The van der Waals surface area contributed by atoms with Gasteiger partial charge in [-0.15, -0.1) is 0 Å². The SMILES string of the molecule is O=S(=O)(O)C1=C(c2ccccc2)c2nc1c(S(=O)(=O)O)c1c(S(=O)(=O)O)c(S(=O)(=O)O)c(cc3nc(cc4cc(-c5ccccc5)c([nH]4)c2-c2ccccc2)C=C3)n1-c1ccccc1. The lowest BCUT2D eigenvalue weighted by Crippen LogP contribution is -2.12. The number of fused-ring (bicyclic) bond motifs is 8. The summed E-state index contributed by atoms with van der Waals surface area (Å²) in [4.78, 5) is 6.27. The quantitative estimate of drug-likeness (QED) is 0.0910. The summed E-state index contributed by atoms with van der Waals surface area (Å²) in [5.74, 6) is 0. The minimum atomic E-state index is -6.10. The Labute approximate surface area is 365 Å². The lowest BCUT2D eigenvalue weighted by atomic mass is 9.93. The number of H-pyrrole nitrogens is 1. The van der Waals surface area contributed by atoms with Crippen LogP contribution in [-0.4, -0.2) is 71.4 Å². The van der Waals surface area contributed by atoms with Crippen LogP contribution in [0.25, 0.3) is 72.6 Å². The standard InChI is InChI=1S/C44H30N4O12S4/c49-61(50,51)41-34-25-30-22-21-29(45-30)23-31-24-33(26-13-5-1-6-14-26)37(46-31)35(27-15-7-2-8-16-27)38-36(28-17-9-3-10-18-28)42(62(52,53)54)39(47-38)43(63(55,56)57)40(44(41)64(58,59)60)48(34)32-19-11-4-12-20-32/h1-25,46H,(H,49,50,51)(H,52,53,54)(H,55,56,57)(H,58,59,60). The molecule has 0 saturated carbocycles. The third kappa shape index (κ3) is 7.56. The Morgan fingerprint density at radius 3 is 1.52 bits per heavy atom. The van der Waals surface area contributed by atoms with E-state index in [1.807, 2.05) is 12.1 Å². The first-order valence-electron chi connectivity index (χ1n) is 18.7. The van der Waals surface area contributed by atoms with Crippen molar-refractivity contribution < 1.29 is 51.9 Å². The van der Waals surface area contributed by atoms with Crippen molar-refractivity contribution in [2.45, 2.75) is 14.7 Å². The van der Waals surface area contributed by atoms with E-state index in [1.54, 1.807) is 66.7 Å². The van der Waals surface area contributed by atoms with E-state index in [2.05, 4.69) is 15.0 Å². The Balaban J connectivity index is 1.74. The average molecular weight is 935 g/mol. The zero-order valence-electron chi connectivity index (χ0n) is 32.5. The highest BCUT2D eigenvalue weighted by Gasteiger charge is 2.42. The molecule has 4 aromatic carbocycles. The third-order valence-electron chi connectivity index (χ3n) is 10.3. The van der Waals surface area contributed by atoms with E-state index >= 15 is 0 Å². The van der Waals surface area contributed by atoms with Crippen LogP contribution in [0.5, 0.6) is 0 Å². The molecule has 0 saturated heterocycles. The molecule has 0 amide bonds. The monoisotopic (exact) mass is 934 g/mol. The number of para-hydroxylation sites is 1. The Bertz CT molecular complexity index is 3800. The van der Waals surface area contributed by atoms with Gasteiger partial charge < -0.3 is 9.55 Å². The summed E-state index contributed by atoms with van der Waals surface area (Å²) >= 11 is 0. The maximum absolute atomic E-state index is 14.2. The summed E-state index contributed by atoms with van der Waals surface area (Å²) in [6, 6.07) is 36.0. The van der Waals surface area contributed by atoms with Crippen molar-refractivity contribution in [3.63, 3.8) is 0 Å². The number of aromatic amines is 1. The number of aromatic nitrogens is 4. The van der Waals surface area contributed by atoms with Crippen molar-refractivity contribution in [1.29, 1.82) is 0 Å². The van der Waals surface area contributed by atoms with E-state index < -0.39 is 82.4 Å². The van der Waals surface area contributed by atoms with Crippen molar-refractivity contribution >= 4 is 85.2 Å². The zero-order valence-corrected chi connectivity index (χ0v) is 35.7. The average Bonchev–Trinajstić information content (AvgIpc) is 4.03. The highest BCUT2D eigenvalue weighted by molar-refractivity contribution is 7.96. The van der Waals surface area contributed by atoms with Crippen molar-refractivity contribution in [3.8, 4) is 27.9 Å². The van der Waals surface area contributed by atoms with Crippen molar-refractivity contribution in [1.82, 2.24) is 19.5 Å². The van der Waals surface area contributed by atoms with E-state index in [0.29, 0.717) is 26.8 Å². The first-order valence-corrected chi connectivity index (χ1v) is 24.5. The molecule has 0 fully saturated rings. The van der Waals surface area contributed by atoms with Crippen LogP contribution < -0.4 is 0 Å². The molecule has 7 aromatic rings. The van der Waals surface area contributed by atoms with Gasteiger partial charge in [0.15, 0.2) is 0 Å². The van der Waals surface area contributed by atoms with Gasteiger partial charge in [-0.2, -0.15) is 33.7 Å². The van der Waals surface area contributed by atoms with E-state index in [1.165, 1.54) is 66.7 Å². The molecule has 8 bridgehead atoms. The molecule has 64 heavy (non-hydrogen) atoms. The Morgan fingerprint density at radius 1 is 0.484 bits per heavy atom. The molecule has 3 aromatic heterocycles. The van der Waals surface area contributed by atoms with Gasteiger partial charge >= 0.3 is 0 Å². The van der Waals surface area contributed by atoms with Crippen LogP contribution in [0.2, 0.25) is 0 Å². The largest absolute Gasteiger partial charge is 0.354 e. The van der Waals surface area contributed by atoms with Crippen LogP contribution in [0.15, 0.2) is 154 Å². The lowest BCUT2D eigenvalue weighted by molar-refractivity contribution is 0.468. The second kappa shape index (κ2) is 15.4. The van der Waals surface area contributed by atoms with Gasteiger partial charge in [-0.3, -0.25) is 18.2 Å². The molecule has 0 aliphatic carbocycles. The predicted molar refractivity (Wildman–Crippen MR) is 239 cm³/mol. The number of nitrogens with zero attached hydrogens (tertiary/aromatic N) is 3. The van der Waals surface area contributed by atoms with E-state index in [0.717, 1.165) is 6.07 Å². The van der Waals surface area contributed by atoms with Crippen molar-refractivity contribution in [2.24, 2.45) is 0 Å². The molecular formula is C44H30N4O12S4. The second-order valence-electron chi connectivity index (χ2n) is 14.4. The molecular weight excluding hydrogens is 905 g/mol. The third-order valence-corrected chi connectivity index (χ3v) is 14.1. The van der Waals surface area contributed by atoms with Gasteiger partial charge in [-0.25, -0.2) is 9.97 Å². The number of benzene rings is 4. The Kier molecular flexibility index (Phi) is 10.2. The summed E-state index contributed by atoms with van der Waals surface area (Å²) in [6.45, 7) is 0. The summed E-state index contributed by atoms with van der Waals surface area (Å²) in [5, 5.41) is 0. The van der Waals surface area contributed by atoms with Crippen LogP contribution >= 0.6 is 0 Å². The number of nitrogens with one attached hydrogen (secondary N) is 1. The van der Waals surface area contributed by atoms with Gasteiger partial charge in [0.1, 0.15) is 25.3 Å². The highest BCUT2D eigenvalue weighted by atomic mass is 32.2. The van der Waals surface area contributed by atoms with E-state index in [9.17, 15) is 51.9 Å². The van der Waals surface area contributed by atoms with Gasteiger partial charge in [-0.1, -0.05) is 109 Å². The smallest absolute Gasteiger partial charge is 0.298 e. The fourth-order valence-corrected chi connectivity index (χ4v) is 11.9. The molecule has 0 radical (unpaired) electrons. The van der Waals surface area contributed by atoms with Crippen LogP contribution in [0.4, 0.5) is 0 Å². The zero-order chi connectivity index (χ0) is 45.3. The second-order valence-corrected chi connectivity index (χ2v) is 19.8. The maximum Gasteiger partial charge on any atom is 0.298 e. The molecule has 16 nitrogen and oxygen atoms in total. The van der Waals surface area contributed by atoms with Gasteiger partial charge in [0.2, 0.25) is 0 Å². The molecule has 9 rings (SSSR count). The van der Waals surface area contributed by atoms with E-state index in [4.69, 9.17) is 0 Å². The first-order chi connectivity index (χ1) is 30.3. The molecule has 322 valence electrons. The Morgan fingerprint density at radius 2 is 0.984 bits per heavy atom. The maximum atomic E-state index is 14.2. The fourth-order valence-electron chi connectivity index (χ4n) is 7.93. The first kappa shape index (κ1) is 42.4. The molecule has 5 heterocycles. The predicted octanol–water partition coefficient (Wildman–Crippen LogP) is 7.83. The molecule has 2 aliphatic heterocycles. The lowest BCUT2D eigenvalue weighted by Gasteiger charge is -2.12. The van der Waals surface area contributed by atoms with Gasteiger partial charge in [0.25, 0.3) is 40.5 Å². The molecule has 0 atom stereocenters. The highest BCUT2D eigenvalue weighted by Crippen LogP contribution is 2.48. The molecule has 0 unspecified atom stereocenters. The summed E-state index contributed by atoms with van der Waals surface area (Å²) < 4.78 is 156. The summed E-state index contributed by atoms with van der Waals surface area (Å²) in [7, 11) is -23.7. The summed E-state index contributed by atoms with van der Waals surface area (Å²) in [5.41, 5.74) is -1.92. The van der Waals surface area contributed by atoms with Crippen LogP contribution in [0.1, 0.15) is 28.3 Å². The van der Waals surface area contributed by atoms with E-state index in [-0.39, 0.29) is 39.4 Å². The topological polar surface area (TPSA) is 264 Å². The van der Waals surface area contributed by atoms with Gasteiger partial charge in [-0.05, 0) is 59.2 Å². The van der Waals surface area contributed by atoms with Gasteiger partial charge in [0.05, 0.1) is 33.6 Å². The molecule has 2 aliphatic rings. The Hall–Kier alpha value is -6.88. The number of hydrogen-bond acceptors (Lipinski definition) is 10. The molecule has 5 N–H and O–H groups in total. The van der Waals surface area contributed by atoms with Gasteiger partial charge in [0, 0.05) is 27.9 Å². The fraction of sp³-hybridized carbons (Fsp3) is 0. The summed E-state index contributed by atoms with van der Waals surface area (Å²) in [6.07, 6.45) is 2.94. The van der Waals surface area contributed by atoms with Crippen LogP contribution in [-0.2, 0) is 40.5 Å². The normalized spacial score (nSPS) is 13.4. The molecule has 20 heteroatoms. The number of rotatable bonds is 8.